The Bertz CT molecular complexity index is 595. The number of allylic oxidation sites excluding steroid dienone is 2. The van der Waals surface area contributed by atoms with Gasteiger partial charge in [-0.1, -0.05) is 24.6 Å². The third-order valence-electron chi connectivity index (χ3n) is 7.79. The first-order chi connectivity index (χ1) is 12.4. The molecule has 0 radical (unpaired) electrons. The van der Waals surface area contributed by atoms with Crippen LogP contribution >= 0.6 is 0 Å². The van der Waals surface area contributed by atoms with Crippen LogP contribution in [-0.2, 0) is 9.47 Å². The van der Waals surface area contributed by atoms with Crippen molar-refractivity contribution in [2.24, 2.45) is 22.7 Å². The van der Waals surface area contributed by atoms with Gasteiger partial charge in [0.25, 0.3) is 0 Å². The summed E-state index contributed by atoms with van der Waals surface area (Å²) in [6.45, 7) is 7.19. The second kappa shape index (κ2) is 6.42. The first kappa shape index (κ1) is 18.6. The first-order valence-electron chi connectivity index (χ1n) is 9.95. The molecule has 0 unspecified atom stereocenters. The normalized spacial score (nSPS) is 47.2. The average Bonchev–Trinajstić information content (AvgIpc) is 3.07. The van der Waals surface area contributed by atoms with Crippen molar-refractivity contribution in [3.05, 3.63) is 24.3 Å². The molecule has 0 aromatic carbocycles. The van der Waals surface area contributed by atoms with Crippen LogP contribution in [0.3, 0.4) is 0 Å². The molecule has 3 aliphatic carbocycles. The third kappa shape index (κ3) is 2.55. The molecule has 5 heteroatoms. The predicted octanol–water partition coefficient (Wildman–Crippen LogP) is 2.16. The number of hydrogen-bond donors (Lipinski definition) is 3. The molecule has 4 aliphatic rings. The molecule has 3 N–H and O–H groups in total. The summed E-state index contributed by atoms with van der Waals surface area (Å²) in [6, 6.07) is 0. The summed E-state index contributed by atoms with van der Waals surface area (Å²) < 4.78 is 11.8. The molecular formula is C21H32O5. The summed E-state index contributed by atoms with van der Waals surface area (Å²) in [5, 5.41) is 32.3. The molecule has 4 rings (SSSR count). The predicted molar refractivity (Wildman–Crippen MR) is 97.2 cm³/mol. The number of fused-ring (bicyclic) bond motifs is 3. The monoisotopic (exact) mass is 364 g/mol. The van der Waals surface area contributed by atoms with E-state index in [4.69, 9.17) is 9.47 Å². The number of ether oxygens (including phenoxy) is 2. The lowest BCUT2D eigenvalue weighted by molar-refractivity contribution is -0.205. The third-order valence-corrected chi connectivity index (χ3v) is 7.79. The van der Waals surface area contributed by atoms with Crippen molar-refractivity contribution < 1.29 is 24.8 Å². The van der Waals surface area contributed by atoms with Crippen LogP contribution in [-0.4, -0.2) is 53.1 Å². The quantitative estimate of drug-likeness (QED) is 0.669. The van der Waals surface area contributed by atoms with Gasteiger partial charge in [-0.15, -0.1) is 6.58 Å². The highest BCUT2D eigenvalue weighted by molar-refractivity contribution is 5.27. The molecule has 0 aromatic rings. The Balaban J connectivity index is 1.66. The first-order valence-corrected chi connectivity index (χ1v) is 9.95. The topological polar surface area (TPSA) is 79.2 Å². The smallest absolute Gasteiger partial charge is 0.172 e. The van der Waals surface area contributed by atoms with Gasteiger partial charge < -0.3 is 24.8 Å². The average molecular weight is 364 g/mol. The minimum Gasteiger partial charge on any atom is -0.396 e. The zero-order valence-corrected chi connectivity index (χ0v) is 15.7. The van der Waals surface area contributed by atoms with Crippen molar-refractivity contribution in [2.45, 2.75) is 63.4 Å². The van der Waals surface area contributed by atoms with Gasteiger partial charge in [0.05, 0.1) is 32.0 Å². The van der Waals surface area contributed by atoms with E-state index in [2.05, 4.69) is 19.6 Å². The minimum atomic E-state index is -0.683. The summed E-state index contributed by atoms with van der Waals surface area (Å²) in [6.07, 6.45) is 6.94. The molecule has 0 amide bonds. The zero-order chi connectivity index (χ0) is 18.6. The van der Waals surface area contributed by atoms with Gasteiger partial charge in [0.15, 0.2) is 5.79 Å². The van der Waals surface area contributed by atoms with Gasteiger partial charge in [0.1, 0.15) is 0 Å². The van der Waals surface area contributed by atoms with Gasteiger partial charge in [-0.2, -0.15) is 0 Å². The number of aliphatic hydroxyl groups excluding tert-OH is 3. The molecule has 2 saturated carbocycles. The summed E-state index contributed by atoms with van der Waals surface area (Å²) >= 11 is 0. The molecule has 1 saturated heterocycles. The fraction of sp³-hybridized carbons (Fsp3) is 0.810. The number of rotatable bonds is 3. The van der Waals surface area contributed by atoms with Crippen molar-refractivity contribution in [3.63, 3.8) is 0 Å². The second-order valence-corrected chi connectivity index (χ2v) is 9.09. The van der Waals surface area contributed by atoms with Crippen molar-refractivity contribution in [1.29, 1.82) is 0 Å². The Morgan fingerprint density at radius 3 is 2.65 bits per heavy atom. The Morgan fingerprint density at radius 1 is 1.27 bits per heavy atom. The van der Waals surface area contributed by atoms with Gasteiger partial charge in [-0.3, -0.25) is 0 Å². The Kier molecular flexibility index (Phi) is 4.60. The van der Waals surface area contributed by atoms with Crippen LogP contribution in [0.15, 0.2) is 24.3 Å². The van der Waals surface area contributed by atoms with E-state index < -0.39 is 23.4 Å². The molecule has 0 aromatic heterocycles. The summed E-state index contributed by atoms with van der Waals surface area (Å²) in [5.74, 6) is -0.520. The number of hydrogen-bond acceptors (Lipinski definition) is 5. The lowest BCUT2D eigenvalue weighted by Crippen LogP contribution is -2.61. The van der Waals surface area contributed by atoms with Crippen LogP contribution in [0, 0.1) is 22.7 Å². The van der Waals surface area contributed by atoms with Crippen LogP contribution in [0.4, 0.5) is 0 Å². The van der Waals surface area contributed by atoms with Gasteiger partial charge >= 0.3 is 0 Å². The highest BCUT2D eigenvalue weighted by Crippen LogP contribution is 2.61. The molecular weight excluding hydrogens is 332 g/mol. The highest BCUT2D eigenvalue weighted by atomic mass is 16.7. The van der Waals surface area contributed by atoms with Crippen LogP contribution in [0.5, 0.6) is 0 Å². The zero-order valence-electron chi connectivity index (χ0n) is 15.7. The molecule has 1 aliphatic heterocycles. The minimum absolute atomic E-state index is 0.000688. The van der Waals surface area contributed by atoms with E-state index in [0.717, 1.165) is 25.7 Å². The van der Waals surface area contributed by atoms with Gasteiger partial charge in [0, 0.05) is 18.3 Å². The Labute approximate surface area is 155 Å². The van der Waals surface area contributed by atoms with Crippen LogP contribution < -0.4 is 0 Å². The largest absolute Gasteiger partial charge is 0.396 e. The van der Waals surface area contributed by atoms with E-state index in [1.807, 2.05) is 0 Å². The van der Waals surface area contributed by atoms with Gasteiger partial charge in [0.2, 0.25) is 0 Å². The summed E-state index contributed by atoms with van der Waals surface area (Å²) in [4.78, 5) is 0. The fourth-order valence-electron chi connectivity index (χ4n) is 6.39. The van der Waals surface area contributed by atoms with Crippen LogP contribution in [0.25, 0.3) is 0 Å². The number of aliphatic hydroxyl groups is 3. The Morgan fingerprint density at radius 2 is 2.00 bits per heavy atom. The maximum Gasteiger partial charge on any atom is 0.172 e. The fourth-order valence-corrected chi connectivity index (χ4v) is 6.39. The maximum absolute atomic E-state index is 11.2. The Hall–Kier alpha value is -0.720. The van der Waals surface area contributed by atoms with E-state index >= 15 is 0 Å². The van der Waals surface area contributed by atoms with Crippen molar-refractivity contribution in [1.82, 2.24) is 0 Å². The molecule has 5 nitrogen and oxygen atoms in total. The SMILES string of the molecule is C=CC[C@@]1(CO)C[C@@H](O)[C@H]2[C@H](CC=C3CC4(CC[C@]32C)OCCO4)[C@H]1O. The van der Waals surface area contributed by atoms with Crippen molar-refractivity contribution in [3.8, 4) is 0 Å². The van der Waals surface area contributed by atoms with Crippen LogP contribution in [0.2, 0.25) is 0 Å². The van der Waals surface area contributed by atoms with E-state index in [-0.39, 0.29) is 23.9 Å². The van der Waals surface area contributed by atoms with Crippen molar-refractivity contribution >= 4 is 0 Å². The summed E-state index contributed by atoms with van der Waals surface area (Å²) in [5.41, 5.74) is 0.468. The highest BCUT2D eigenvalue weighted by Gasteiger charge is 2.60. The van der Waals surface area contributed by atoms with Crippen LogP contribution in [0.1, 0.15) is 45.4 Å². The molecule has 26 heavy (non-hydrogen) atoms. The molecule has 1 heterocycles. The van der Waals surface area contributed by atoms with E-state index in [9.17, 15) is 15.3 Å². The lowest BCUT2D eigenvalue weighted by atomic mass is 9.48. The maximum atomic E-state index is 11.2. The molecule has 3 fully saturated rings. The van der Waals surface area contributed by atoms with Gasteiger partial charge in [-0.05, 0) is 42.9 Å². The van der Waals surface area contributed by atoms with Crippen molar-refractivity contribution in [2.75, 3.05) is 19.8 Å². The molecule has 6 atom stereocenters. The van der Waals surface area contributed by atoms with E-state index in [0.29, 0.717) is 26.1 Å². The molecule has 146 valence electrons. The lowest BCUT2D eigenvalue weighted by Gasteiger charge is -2.59. The van der Waals surface area contributed by atoms with Gasteiger partial charge in [-0.25, -0.2) is 0 Å². The van der Waals surface area contributed by atoms with E-state index in [1.165, 1.54) is 5.57 Å². The summed E-state index contributed by atoms with van der Waals surface area (Å²) in [7, 11) is 0. The molecule has 0 bridgehead atoms. The molecule has 1 spiro atoms. The van der Waals surface area contributed by atoms with E-state index in [1.54, 1.807) is 6.08 Å². The standard InChI is InChI=1S/C21H32O5/c1-3-6-20(13-22)12-16(23)17-15(18(20)24)5-4-14-11-21(25-9-10-26-21)8-7-19(14,17)2/h3-4,15-18,22-24H,1,5-13H2,2H3/t15-,16+,17+,18+,19+,20-/m0/s1. The second-order valence-electron chi connectivity index (χ2n) is 9.09.